The van der Waals surface area contributed by atoms with Crippen molar-refractivity contribution in [2.75, 3.05) is 0 Å². The van der Waals surface area contributed by atoms with Crippen LogP contribution in [0.15, 0.2) is 29.2 Å². The molecule has 4 unspecified atom stereocenters. The van der Waals surface area contributed by atoms with Crippen molar-refractivity contribution < 1.29 is 25.0 Å². The van der Waals surface area contributed by atoms with Crippen molar-refractivity contribution in [3.8, 4) is 0 Å². The van der Waals surface area contributed by atoms with Crippen molar-refractivity contribution >= 4 is 17.4 Å². The molecule has 5 atom stereocenters. The maximum atomic E-state index is 10.9. The molecule has 1 aliphatic heterocycles. The van der Waals surface area contributed by atoms with E-state index in [0.29, 0.717) is 4.90 Å². The molecular formula is C12H15NO6S. The second kappa shape index (κ2) is 6.06. The number of nitrogens with zero attached hydrogens (tertiary/aromatic N) is 1. The summed E-state index contributed by atoms with van der Waals surface area (Å²) in [5, 5.41) is 40.1. The van der Waals surface area contributed by atoms with Crippen molar-refractivity contribution in [3.05, 3.63) is 34.4 Å². The highest BCUT2D eigenvalue weighted by Crippen LogP contribution is 2.37. The van der Waals surface area contributed by atoms with Crippen LogP contribution in [-0.4, -0.2) is 50.1 Å². The zero-order chi connectivity index (χ0) is 14.9. The number of nitro groups is 1. The summed E-state index contributed by atoms with van der Waals surface area (Å²) in [6.45, 7) is 1.56. The van der Waals surface area contributed by atoms with Gasteiger partial charge in [0.1, 0.15) is 23.7 Å². The Bertz CT molecular complexity index is 499. The molecule has 0 radical (unpaired) electrons. The zero-order valence-corrected chi connectivity index (χ0v) is 11.4. The highest BCUT2D eigenvalue weighted by atomic mass is 32.2. The SMILES string of the molecule is CC1O[C@@H](Sc2ccccc2[N+](=O)[O-])C(O)C(O)C1O. The third kappa shape index (κ3) is 2.94. The highest BCUT2D eigenvalue weighted by molar-refractivity contribution is 8.00. The Morgan fingerprint density at radius 2 is 1.85 bits per heavy atom. The first kappa shape index (κ1) is 15.2. The van der Waals surface area contributed by atoms with Crippen LogP contribution in [0, 0.1) is 10.1 Å². The van der Waals surface area contributed by atoms with Crippen LogP contribution < -0.4 is 0 Å². The molecule has 2 rings (SSSR count). The zero-order valence-electron chi connectivity index (χ0n) is 10.6. The first-order valence-electron chi connectivity index (χ1n) is 6.01. The molecule has 1 heterocycles. The van der Waals surface area contributed by atoms with Gasteiger partial charge in [0.2, 0.25) is 0 Å². The van der Waals surface area contributed by atoms with Crippen molar-refractivity contribution in [1.29, 1.82) is 0 Å². The Morgan fingerprint density at radius 1 is 1.20 bits per heavy atom. The summed E-state index contributed by atoms with van der Waals surface area (Å²) in [6.07, 6.45) is -4.54. The summed E-state index contributed by atoms with van der Waals surface area (Å²) >= 11 is 0.952. The number of benzene rings is 1. The monoisotopic (exact) mass is 301 g/mol. The van der Waals surface area contributed by atoms with Crippen LogP contribution >= 0.6 is 11.8 Å². The van der Waals surface area contributed by atoms with E-state index in [2.05, 4.69) is 0 Å². The summed E-state index contributed by atoms with van der Waals surface area (Å²) in [5.41, 5.74) is -0.980. The molecule has 0 aromatic heterocycles. The van der Waals surface area contributed by atoms with Crippen LogP contribution in [0.3, 0.4) is 0 Å². The van der Waals surface area contributed by atoms with E-state index in [1.807, 2.05) is 0 Å². The average Bonchev–Trinajstić information content (AvgIpc) is 2.43. The van der Waals surface area contributed by atoms with Gasteiger partial charge >= 0.3 is 0 Å². The van der Waals surface area contributed by atoms with Gasteiger partial charge < -0.3 is 20.1 Å². The lowest BCUT2D eigenvalue weighted by Gasteiger charge is -2.38. The van der Waals surface area contributed by atoms with Crippen LogP contribution in [-0.2, 0) is 4.74 Å². The molecule has 1 aromatic rings. The standard InChI is InChI=1S/C12H15NO6S/c1-6-9(14)10(15)11(16)12(19-6)20-8-5-3-2-4-7(8)13(17)18/h2-6,9-12,14-16H,1H3/t6?,9?,10?,11?,12-/m0/s1. The lowest BCUT2D eigenvalue weighted by atomic mass is 10.0. The molecule has 1 fully saturated rings. The van der Waals surface area contributed by atoms with E-state index in [1.165, 1.54) is 6.07 Å². The molecule has 1 aliphatic rings. The topological polar surface area (TPSA) is 113 Å². The first-order chi connectivity index (χ1) is 9.41. The molecule has 0 bridgehead atoms. The van der Waals surface area contributed by atoms with Gasteiger partial charge in [-0.1, -0.05) is 23.9 Å². The largest absolute Gasteiger partial charge is 0.388 e. The molecule has 3 N–H and O–H groups in total. The molecule has 20 heavy (non-hydrogen) atoms. The molecular weight excluding hydrogens is 286 g/mol. The van der Waals surface area contributed by atoms with Crippen LogP contribution in [0.2, 0.25) is 0 Å². The summed E-state index contributed by atoms with van der Waals surface area (Å²) in [6, 6.07) is 6.08. The second-order valence-electron chi connectivity index (χ2n) is 4.52. The van der Waals surface area contributed by atoms with E-state index in [-0.39, 0.29) is 5.69 Å². The van der Waals surface area contributed by atoms with E-state index < -0.39 is 34.8 Å². The van der Waals surface area contributed by atoms with E-state index >= 15 is 0 Å². The minimum Gasteiger partial charge on any atom is -0.388 e. The second-order valence-corrected chi connectivity index (χ2v) is 5.66. The minimum absolute atomic E-state index is 0.0958. The number of hydrogen-bond acceptors (Lipinski definition) is 7. The summed E-state index contributed by atoms with van der Waals surface area (Å²) < 4.78 is 5.40. The average molecular weight is 301 g/mol. The lowest BCUT2D eigenvalue weighted by Crippen LogP contribution is -2.55. The van der Waals surface area contributed by atoms with Gasteiger partial charge in [0, 0.05) is 6.07 Å². The van der Waals surface area contributed by atoms with E-state index in [4.69, 9.17) is 4.74 Å². The Morgan fingerprint density at radius 3 is 2.50 bits per heavy atom. The van der Waals surface area contributed by atoms with Crippen molar-refractivity contribution in [2.24, 2.45) is 0 Å². The highest BCUT2D eigenvalue weighted by Gasteiger charge is 2.42. The van der Waals surface area contributed by atoms with Crippen molar-refractivity contribution in [3.63, 3.8) is 0 Å². The van der Waals surface area contributed by atoms with Gasteiger partial charge in [-0.15, -0.1) is 0 Å². The Labute approximate surface area is 119 Å². The van der Waals surface area contributed by atoms with Gasteiger partial charge in [0.05, 0.1) is 15.9 Å². The molecule has 0 spiro atoms. The summed E-state index contributed by atoms with van der Waals surface area (Å²) in [4.78, 5) is 10.7. The van der Waals surface area contributed by atoms with Crippen LogP contribution in [0.1, 0.15) is 6.92 Å². The smallest absolute Gasteiger partial charge is 0.282 e. The number of ether oxygens (including phenoxy) is 1. The van der Waals surface area contributed by atoms with Crippen LogP contribution in [0.25, 0.3) is 0 Å². The molecule has 8 heteroatoms. The fraction of sp³-hybridized carbons (Fsp3) is 0.500. The normalized spacial score (nSPS) is 33.9. The van der Waals surface area contributed by atoms with Gasteiger partial charge in [-0.3, -0.25) is 10.1 Å². The molecule has 1 aromatic carbocycles. The fourth-order valence-corrected chi connectivity index (χ4v) is 3.15. The molecule has 0 saturated carbocycles. The molecule has 0 aliphatic carbocycles. The van der Waals surface area contributed by atoms with E-state index in [9.17, 15) is 25.4 Å². The Balaban J connectivity index is 2.20. The number of para-hydroxylation sites is 1. The number of rotatable bonds is 3. The van der Waals surface area contributed by atoms with Gasteiger partial charge in [-0.2, -0.15) is 0 Å². The molecule has 1 saturated heterocycles. The van der Waals surface area contributed by atoms with Gasteiger partial charge in [-0.25, -0.2) is 0 Å². The van der Waals surface area contributed by atoms with Crippen molar-refractivity contribution in [1.82, 2.24) is 0 Å². The van der Waals surface area contributed by atoms with E-state index in [0.717, 1.165) is 11.8 Å². The first-order valence-corrected chi connectivity index (χ1v) is 6.89. The van der Waals surface area contributed by atoms with Crippen molar-refractivity contribution in [2.45, 2.75) is 41.7 Å². The third-order valence-corrected chi connectivity index (χ3v) is 4.33. The predicted molar refractivity (Wildman–Crippen MR) is 71.3 cm³/mol. The summed E-state index contributed by atoms with van der Waals surface area (Å²) in [5.74, 6) is 0. The Hall–Kier alpha value is -1.19. The van der Waals surface area contributed by atoms with Gasteiger partial charge in [-0.05, 0) is 13.0 Å². The number of hydrogen-bond donors (Lipinski definition) is 3. The molecule has 0 amide bonds. The predicted octanol–water partition coefficient (Wildman–Crippen LogP) is 0.514. The fourth-order valence-electron chi connectivity index (χ4n) is 1.94. The maximum Gasteiger partial charge on any atom is 0.282 e. The molecule has 110 valence electrons. The molecule has 7 nitrogen and oxygen atoms in total. The number of thioether (sulfide) groups is 1. The number of aliphatic hydroxyl groups excluding tert-OH is 3. The van der Waals surface area contributed by atoms with Crippen LogP contribution in [0.4, 0.5) is 5.69 Å². The van der Waals surface area contributed by atoms with Crippen LogP contribution in [0.5, 0.6) is 0 Å². The minimum atomic E-state index is -1.35. The Kier molecular flexibility index (Phi) is 4.61. The maximum absolute atomic E-state index is 10.9. The van der Waals surface area contributed by atoms with Gasteiger partial charge in [0.15, 0.2) is 0 Å². The quantitative estimate of drug-likeness (QED) is 0.551. The number of nitro benzene ring substituents is 1. The lowest BCUT2D eigenvalue weighted by molar-refractivity contribution is -0.387. The van der Waals surface area contributed by atoms with E-state index in [1.54, 1.807) is 25.1 Å². The third-order valence-electron chi connectivity index (χ3n) is 3.11. The summed E-state index contributed by atoms with van der Waals surface area (Å²) in [7, 11) is 0. The number of aliphatic hydroxyl groups is 3. The van der Waals surface area contributed by atoms with Gasteiger partial charge in [0.25, 0.3) is 5.69 Å².